The van der Waals surface area contributed by atoms with Crippen LogP contribution >= 0.6 is 15.9 Å². The predicted molar refractivity (Wildman–Crippen MR) is 77.5 cm³/mol. The Hall–Kier alpha value is -1.83. The second-order valence-electron chi connectivity index (χ2n) is 4.07. The number of nitriles is 1. The van der Waals surface area contributed by atoms with Gasteiger partial charge in [0.05, 0.1) is 16.1 Å². The number of hydrogen-bond acceptors (Lipinski definition) is 3. The Balaban J connectivity index is 2.08. The number of ether oxygens (including phenoxy) is 1. The predicted octanol–water partition coefficient (Wildman–Crippen LogP) is 3.36. The normalized spacial score (nSPS) is 9.95. The summed E-state index contributed by atoms with van der Waals surface area (Å²) < 4.78 is 6.61. The monoisotopic (exact) mass is 316 g/mol. The van der Waals surface area contributed by atoms with E-state index >= 15 is 0 Å². The molecule has 19 heavy (non-hydrogen) atoms. The van der Waals surface area contributed by atoms with E-state index in [1.165, 1.54) is 0 Å². The zero-order chi connectivity index (χ0) is 13.7. The summed E-state index contributed by atoms with van der Waals surface area (Å²) >= 11 is 3.46. The van der Waals surface area contributed by atoms with Crippen LogP contribution < -0.4 is 10.5 Å². The standard InChI is InChI=1S/C15H13BrN2O/c16-14-7-12(9-18)4-5-15(14)19-10-13-3-1-2-11(6-13)8-17/h1-7H,9-10,18H2. The second kappa shape index (κ2) is 6.37. The molecule has 0 radical (unpaired) electrons. The van der Waals surface area contributed by atoms with Gasteiger partial charge >= 0.3 is 0 Å². The minimum Gasteiger partial charge on any atom is -0.488 e. The van der Waals surface area contributed by atoms with Crippen molar-refractivity contribution in [3.05, 3.63) is 63.6 Å². The van der Waals surface area contributed by atoms with Crippen LogP contribution in [0.4, 0.5) is 0 Å². The molecule has 2 aromatic carbocycles. The van der Waals surface area contributed by atoms with Gasteiger partial charge in [-0.25, -0.2) is 0 Å². The molecule has 0 saturated heterocycles. The van der Waals surface area contributed by atoms with Gasteiger partial charge in [0.1, 0.15) is 12.4 Å². The summed E-state index contributed by atoms with van der Waals surface area (Å²) in [7, 11) is 0. The summed E-state index contributed by atoms with van der Waals surface area (Å²) in [5.41, 5.74) is 8.22. The first-order valence-electron chi connectivity index (χ1n) is 5.83. The molecule has 0 bridgehead atoms. The third-order valence-corrected chi connectivity index (χ3v) is 3.30. The average molecular weight is 317 g/mol. The van der Waals surface area contributed by atoms with Crippen molar-refractivity contribution in [1.82, 2.24) is 0 Å². The van der Waals surface area contributed by atoms with Gasteiger partial charge in [-0.3, -0.25) is 0 Å². The van der Waals surface area contributed by atoms with Gasteiger partial charge in [-0.15, -0.1) is 0 Å². The van der Waals surface area contributed by atoms with Crippen LogP contribution in [0.3, 0.4) is 0 Å². The molecule has 0 fully saturated rings. The van der Waals surface area contributed by atoms with Crippen molar-refractivity contribution in [2.24, 2.45) is 5.73 Å². The van der Waals surface area contributed by atoms with Gasteiger partial charge in [0, 0.05) is 6.54 Å². The zero-order valence-electron chi connectivity index (χ0n) is 10.3. The number of hydrogen-bond donors (Lipinski definition) is 1. The highest BCUT2D eigenvalue weighted by Gasteiger charge is 2.03. The first kappa shape index (κ1) is 13.6. The van der Waals surface area contributed by atoms with Crippen molar-refractivity contribution < 1.29 is 4.74 Å². The lowest BCUT2D eigenvalue weighted by atomic mass is 10.1. The molecule has 0 aliphatic rings. The van der Waals surface area contributed by atoms with Gasteiger partial charge < -0.3 is 10.5 Å². The fourth-order valence-electron chi connectivity index (χ4n) is 1.68. The largest absolute Gasteiger partial charge is 0.488 e. The van der Waals surface area contributed by atoms with Crippen molar-refractivity contribution in [2.45, 2.75) is 13.2 Å². The Morgan fingerprint density at radius 1 is 1.16 bits per heavy atom. The highest BCUT2D eigenvalue weighted by atomic mass is 79.9. The number of nitrogens with two attached hydrogens (primary N) is 1. The third-order valence-electron chi connectivity index (χ3n) is 2.68. The van der Waals surface area contributed by atoms with E-state index < -0.39 is 0 Å². The van der Waals surface area contributed by atoms with Crippen LogP contribution in [0.25, 0.3) is 0 Å². The van der Waals surface area contributed by atoms with E-state index in [4.69, 9.17) is 15.7 Å². The third kappa shape index (κ3) is 3.57. The topological polar surface area (TPSA) is 59.0 Å². The minimum absolute atomic E-state index is 0.427. The molecule has 2 aromatic rings. The van der Waals surface area contributed by atoms with Crippen molar-refractivity contribution >= 4 is 15.9 Å². The fraction of sp³-hybridized carbons (Fsp3) is 0.133. The molecule has 2 rings (SSSR count). The maximum absolute atomic E-state index is 8.84. The summed E-state index contributed by atoms with van der Waals surface area (Å²) in [6.45, 7) is 0.930. The van der Waals surface area contributed by atoms with E-state index in [9.17, 15) is 0 Å². The Morgan fingerprint density at radius 3 is 2.68 bits per heavy atom. The van der Waals surface area contributed by atoms with Gasteiger partial charge in [-0.05, 0) is 51.3 Å². The molecule has 0 aliphatic heterocycles. The second-order valence-corrected chi connectivity index (χ2v) is 4.92. The van der Waals surface area contributed by atoms with E-state index in [-0.39, 0.29) is 0 Å². The van der Waals surface area contributed by atoms with Gasteiger partial charge in [0.2, 0.25) is 0 Å². The SMILES string of the molecule is N#Cc1cccc(COc2ccc(CN)cc2Br)c1. The van der Waals surface area contributed by atoms with Gasteiger partial charge in [-0.1, -0.05) is 18.2 Å². The first-order valence-corrected chi connectivity index (χ1v) is 6.62. The molecular weight excluding hydrogens is 304 g/mol. The molecule has 0 heterocycles. The minimum atomic E-state index is 0.427. The lowest BCUT2D eigenvalue weighted by Crippen LogP contribution is -1.99. The van der Waals surface area contributed by atoms with E-state index in [2.05, 4.69) is 22.0 Å². The van der Waals surface area contributed by atoms with E-state index in [0.29, 0.717) is 18.7 Å². The van der Waals surface area contributed by atoms with Gasteiger partial charge in [0.15, 0.2) is 0 Å². The van der Waals surface area contributed by atoms with Crippen molar-refractivity contribution in [1.29, 1.82) is 5.26 Å². The van der Waals surface area contributed by atoms with Crippen LogP contribution in [0, 0.1) is 11.3 Å². The van der Waals surface area contributed by atoms with Crippen LogP contribution in [0.5, 0.6) is 5.75 Å². The Morgan fingerprint density at radius 2 is 2.00 bits per heavy atom. The number of rotatable bonds is 4. The molecule has 0 saturated carbocycles. The Kier molecular flexibility index (Phi) is 4.56. The first-order chi connectivity index (χ1) is 9.22. The summed E-state index contributed by atoms with van der Waals surface area (Å²) in [4.78, 5) is 0. The van der Waals surface area contributed by atoms with E-state index in [1.54, 1.807) is 6.07 Å². The van der Waals surface area contributed by atoms with E-state index in [0.717, 1.165) is 21.3 Å². The maximum atomic E-state index is 8.84. The zero-order valence-corrected chi connectivity index (χ0v) is 11.9. The average Bonchev–Trinajstić information content (AvgIpc) is 2.46. The quantitative estimate of drug-likeness (QED) is 0.940. The smallest absolute Gasteiger partial charge is 0.134 e. The van der Waals surface area contributed by atoms with E-state index in [1.807, 2.05) is 36.4 Å². The lowest BCUT2D eigenvalue weighted by Gasteiger charge is -2.09. The molecule has 4 heteroatoms. The van der Waals surface area contributed by atoms with Crippen LogP contribution in [0.2, 0.25) is 0 Å². The molecular formula is C15H13BrN2O. The molecule has 2 N–H and O–H groups in total. The number of halogens is 1. The molecule has 3 nitrogen and oxygen atoms in total. The van der Waals surface area contributed by atoms with Crippen LogP contribution in [0.1, 0.15) is 16.7 Å². The van der Waals surface area contributed by atoms with Crippen LogP contribution in [0.15, 0.2) is 46.9 Å². The van der Waals surface area contributed by atoms with Crippen molar-refractivity contribution in [2.75, 3.05) is 0 Å². The molecule has 0 atom stereocenters. The molecule has 0 unspecified atom stereocenters. The fourth-order valence-corrected chi connectivity index (χ4v) is 2.22. The molecule has 0 amide bonds. The molecule has 96 valence electrons. The van der Waals surface area contributed by atoms with Crippen LogP contribution in [-0.2, 0) is 13.2 Å². The number of nitrogens with zero attached hydrogens (tertiary/aromatic N) is 1. The van der Waals surface area contributed by atoms with Gasteiger partial charge in [0.25, 0.3) is 0 Å². The van der Waals surface area contributed by atoms with Gasteiger partial charge in [-0.2, -0.15) is 5.26 Å². The molecule has 0 spiro atoms. The lowest BCUT2D eigenvalue weighted by molar-refractivity contribution is 0.304. The Bertz CT molecular complexity index is 620. The van der Waals surface area contributed by atoms with Crippen LogP contribution in [-0.4, -0.2) is 0 Å². The summed E-state index contributed by atoms with van der Waals surface area (Å²) in [6, 6.07) is 15.3. The van der Waals surface area contributed by atoms with Crippen molar-refractivity contribution in [3.63, 3.8) is 0 Å². The van der Waals surface area contributed by atoms with Crippen molar-refractivity contribution in [3.8, 4) is 11.8 Å². The summed E-state index contributed by atoms with van der Waals surface area (Å²) in [6.07, 6.45) is 0. The summed E-state index contributed by atoms with van der Waals surface area (Å²) in [5.74, 6) is 0.763. The summed E-state index contributed by atoms with van der Waals surface area (Å²) in [5, 5.41) is 8.84. The molecule has 0 aliphatic carbocycles. The molecule has 0 aromatic heterocycles. The Labute approximate surface area is 120 Å². The highest BCUT2D eigenvalue weighted by molar-refractivity contribution is 9.10. The maximum Gasteiger partial charge on any atom is 0.134 e. The highest BCUT2D eigenvalue weighted by Crippen LogP contribution is 2.26. The number of benzene rings is 2.